The van der Waals surface area contributed by atoms with E-state index >= 15 is 0 Å². The summed E-state index contributed by atoms with van der Waals surface area (Å²) >= 11 is 0. The van der Waals surface area contributed by atoms with E-state index in [1.807, 2.05) is 13.0 Å². The summed E-state index contributed by atoms with van der Waals surface area (Å²) in [5, 5.41) is 6.38. The Labute approximate surface area is 169 Å². The summed E-state index contributed by atoms with van der Waals surface area (Å²) in [5.41, 5.74) is 1.47. The Morgan fingerprint density at radius 1 is 1.34 bits per heavy atom. The molecule has 162 valence electrons. The van der Waals surface area contributed by atoms with Crippen molar-refractivity contribution in [1.82, 2.24) is 15.5 Å². The number of aryl methyl sites for hydroxylation is 1. The van der Waals surface area contributed by atoms with E-state index in [-0.39, 0.29) is 11.9 Å². The molecule has 1 aromatic rings. The van der Waals surface area contributed by atoms with Crippen LogP contribution in [0.25, 0.3) is 0 Å². The van der Waals surface area contributed by atoms with Crippen LogP contribution < -0.4 is 15.4 Å². The van der Waals surface area contributed by atoms with Gasteiger partial charge in [-0.05, 0) is 37.9 Å². The normalized spacial score (nSPS) is 23.0. The lowest BCUT2D eigenvalue weighted by Crippen LogP contribution is -2.51. The van der Waals surface area contributed by atoms with Crippen LogP contribution in [-0.4, -0.2) is 69.1 Å². The van der Waals surface area contributed by atoms with Gasteiger partial charge in [0.15, 0.2) is 12.6 Å². The maximum atomic E-state index is 12.5. The average molecular weight is 414 g/mol. The monoisotopic (exact) mass is 414 g/mol. The van der Waals surface area contributed by atoms with Crippen molar-refractivity contribution in [3.05, 3.63) is 29.3 Å². The Kier molecular flexibility index (Phi) is 7.23. The molecule has 6 nitrogen and oxygen atoms in total. The standard InChI is InChI=1S/C20H29F3N4O2/c1-14-5-6-15(18(8-14)29-13-20(21,22)23)9-25-19(24-2)26-10-17-11-27-7-3-4-16(27)12-28-17/h5-6,8,16-17H,3-4,7,9-13H2,1-2H3,(H2,24,25,26). The molecule has 3 rings (SSSR count). The second-order valence-electron chi connectivity index (χ2n) is 7.57. The Balaban J connectivity index is 1.50. The third-order valence-electron chi connectivity index (χ3n) is 5.24. The van der Waals surface area contributed by atoms with Gasteiger partial charge < -0.3 is 20.1 Å². The van der Waals surface area contributed by atoms with E-state index in [9.17, 15) is 13.2 Å². The molecular weight excluding hydrogens is 385 g/mol. The second-order valence-corrected chi connectivity index (χ2v) is 7.57. The lowest BCUT2D eigenvalue weighted by atomic mass is 10.1. The van der Waals surface area contributed by atoms with Crippen molar-refractivity contribution in [2.45, 2.75) is 44.6 Å². The molecule has 0 radical (unpaired) electrons. The number of aliphatic imine (C=N–C) groups is 1. The SMILES string of the molecule is CN=C(NCc1ccc(C)cc1OCC(F)(F)F)NCC1CN2CCCC2CO1. The zero-order valence-corrected chi connectivity index (χ0v) is 16.9. The highest BCUT2D eigenvalue weighted by Gasteiger charge is 2.32. The van der Waals surface area contributed by atoms with Crippen LogP contribution in [0.5, 0.6) is 5.75 Å². The number of alkyl halides is 3. The lowest BCUT2D eigenvalue weighted by molar-refractivity contribution is -0.153. The van der Waals surface area contributed by atoms with Crippen LogP contribution in [-0.2, 0) is 11.3 Å². The van der Waals surface area contributed by atoms with Gasteiger partial charge in [-0.25, -0.2) is 0 Å². The molecular formula is C20H29F3N4O2. The van der Waals surface area contributed by atoms with Crippen molar-refractivity contribution < 1.29 is 22.6 Å². The van der Waals surface area contributed by atoms with Crippen molar-refractivity contribution in [3.63, 3.8) is 0 Å². The molecule has 2 atom stereocenters. The van der Waals surface area contributed by atoms with Crippen LogP contribution >= 0.6 is 0 Å². The number of nitrogens with zero attached hydrogens (tertiary/aromatic N) is 2. The first-order chi connectivity index (χ1) is 13.8. The maximum absolute atomic E-state index is 12.5. The molecule has 2 aliphatic rings. The molecule has 2 heterocycles. The topological polar surface area (TPSA) is 58.1 Å². The van der Waals surface area contributed by atoms with Gasteiger partial charge in [0.25, 0.3) is 0 Å². The van der Waals surface area contributed by atoms with E-state index in [2.05, 4.69) is 20.5 Å². The summed E-state index contributed by atoms with van der Waals surface area (Å²) in [6.07, 6.45) is -1.85. The van der Waals surface area contributed by atoms with E-state index in [1.54, 1.807) is 19.2 Å². The van der Waals surface area contributed by atoms with Gasteiger partial charge in [-0.15, -0.1) is 0 Å². The van der Waals surface area contributed by atoms with Crippen LogP contribution in [0.1, 0.15) is 24.0 Å². The van der Waals surface area contributed by atoms with Crippen molar-refractivity contribution in [2.24, 2.45) is 4.99 Å². The van der Waals surface area contributed by atoms with Gasteiger partial charge >= 0.3 is 6.18 Å². The number of ether oxygens (including phenoxy) is 2. The lowest BCUT2D eigenvalue weighted by Gasteiger charge is -2.35. The summed E-state index contributed by atoms with van der Waals surface area (Å²) in [7, 11) is 1.66. The first-order valence-electron chi connectivity index (χ1n) is 9.93. The molecule has 0 spiro atoms. The predicted octanol–water partition coefficient (Wildman–Crippen LogP) is 2.46. The van der Waals surface area contributed by atoms with Crippen molar-refractivity contribution in [2.75, 3.05) is 39.9 Å². The highest BCUT2D eigenvalue weighted by atomic mass is 19.4. The zero-order chi connectivity index (χ0) is 20.9. The van der Waals surface area contributed by atoms with Crippen molar-refractivity contribution in [3.8, 4) is 5.75 Å². The quantitative estimate of drug-likeness (QED) is 0.553. The van der Waals surface area contributed by atoms with Crippen LogP contribution in [0.4, 0.5) is 13.2 Å². The van der Waals surface area contributed by atoms with Crippen LogP contribution in [0.15, 0.2) is 23.2 Å². The van der Waals surface area contributed by atoms with Gasteiger partial charge in [0, 0.05) is 38.3 Å². The Hall–Kier alpha value is -2.00. The van der Waals surface area contributed by atoms with E-state index < -0.39 is 12.8 Å². The summed E-state index contributed by atoms with van der Waals surface area (Å²) in [6.45, 7) is 4.22. The summed E-state index contributed by atoms with van der Waals surface area (Å²) in [5.74, 6) is 0.792. The molecule has 0 aliphatic carbocycles. The molecule has 2 saturated heterocycles. The number of nitrogens with one attached hydrogen (secondary N) is 2. The predicted molar refractivity (Wildman–Crippen MR) is 105 cm³/mol. The minimum atomic E-state index is -4.37. The second kappa shape index (κ2) is 9.67. The molecule has 2 aliphatic heterocycles. The minimum absolute atomic E-state index is 0.0907. The molecule has 2 fully saturated rings. The van der Waals surface area contributed by atoms with Gasteiger partial charge in [-0.1, -0.05) is 12.1 Å². The van der Waals surface area contributed by atoms with Crippen molar-refractivity contribution >= 4 is 5.96 Å². The molecule has 0 aromatic heterocycles. The summed E-state index contributed by atoms with van der Waals surface area (Å²) in [4.78, 5) is 6.67. The largest absolute Gasteiger partial charge is 0.484 e. The molecule has 9 heteroatoms. The Bertz CT molecular complexity index is 711. The number of rotatable bonds is 6. The van der Waals surface area contributed by atoms with E-state index in [1.165, 1.54) is 12.8 Å². The highest BCUT2D eigenvalue weighted by molar-refractivity contribution is 5.79. The number of benzene rings is 1. The van der Waals surface area contributed by atoms with Crippen LogP contribution in [0, 0.1) is 6.92 Å². The van der Waals surface area contributed by atoms with E-state index in [4.69, 9.17) is 9.47 Å². The molecule has 29 heavy (non-hydrogen) atoms. The van der Waals surface area contributed by atoms with Gasteiger partial charge in [-0.2, -0.15) is 13.2 Å². The smallest absolute Gasteiger partial charge is 0.422 e. The summed E-state index contributed by atoms with van der Waals surface area (Å²) < 4.78 is 48.5. The molecule has 2 unspecified atom stereocenters. The van der Waals surface area contributed by atoms with E-state index in [0.717, 1.165) is 25.3 Å². The first kappa shape index (κ1) is 21.7. The molecule has 0 saturated carbocycles. The number of hydrogen-bond donors (Lipinski definition) is 2. The first-order valence-corrected chi connectivity index (χ1v) is 9.93. The van der Waals surface area contributed by atoms with Crippen LogP contribution in [0.3, 0.4) is 0 Å². The molecule has 0 bridgehead atoms. The Morgan fingerprint density at radius 2 is 2.17 bits per heavy atom. The molecule has 1 aromatic carbocycles. The number of fused-ring (bicyclic) bond motifs is 1. The fourth-order valence-electron chi connectivity index (χ4n) is 3.72. The van der Waals surface area contributed by atoms with Gasteiger partial charge in [-0.3, -0.25) is 9.89 Å². The number of guanidine groups is 1. The number of hydrogen-bond acceptors (Lipinski definition) is 4. The number of morpholine rings is 1. The van der Waals surface area contributed by atoms with Gasteiger partial charge in [0.1, 0.15) is 5.75 Å². The van der Waals surface area contributed by atoms with E-state index in [0.29, 0.717) is 30.7 Å². The van der Waals surface area contributed by atoms with Crippen molar-refractivity contribution in [1.29, 1.82) is 0 Å². The Morgan fingerprint density at radius 3 is 2.93 bits per heavy atom. The van der Waals surface area contributed by atoms with Gasteiger partial charge in [0.05, 0.1) is 12.7 Å². The highest BCUT2D eigenvalue weighted by Crippen LogP contribution is 2.24. The third kappa shape index (κ3) is 6.50. The minimum Gasteiger partial charge on any atom is -0.484 e. The molecule has 2 N–H and O–H groups in total. The summed E-state index contributed by atoms with van der Waals surface area (Å²) in [6, 6.07) is 5.77. The average Bonchev–Trinajstić information content (AvgIpc) is 3.15. The fourth-order valence-corrected chi connectivity index (χ4v) is 3.72. The van der Waals surface area contributed by atoms with Gasteiger partial charge in [0.2, 0.25) is 0 Å². The number of halogens is 3. The maximum Gasteiger partial charge on any atom is 0.422 e. The van der Waals surface area contributed by atoms with Crippen LogP contribution in [0.2, 0.25) is 0 Å². The fraction of sp³-hybridized carbons (Fsp3) is 0.650. The molecule has 0 amide bonds. The zero-order valence-electron chi connectivity index (χ0n) is 16.9. The third-order valence-corrected chi connectivity index (χ3v) is 5.24.